The monoisotopic (exact) mass is 387 g/mol. The van der Waals surface area contributed by atoms with Gasteiger partial charge >= 0.3 is 0 Å². The smallest absolute Gasteiger partial charge is 0.0619 e. The van der Waals surface area contributed by atoms with Crippen LogP contribution in [0.15, 0.2) is 31.0 Å². The number of nitrogens with one attached hydrogen (secondary N) is 1. The molecule has 0 aliphatic rings. The normalized spacial score (nSPS) is 9.19. The molecule has 0 radical (unpaired) electrons. The Morgan fingerprint density at radius 3 is 2.62 bits per heavy atom. The minimum absolute atomic E-state index is 0. The van der Waals surface area contributed by atoms with Crippen LogP contribution >= 0.6 is 0 Å². The van der Waals surface area contributed by atoms with Crippen molar-refractivity contribution in [2.45, 2.75) is 12.8 Å². The zero-order valence-corrected chi connectivity index (χ0v) is 12.9. The average Bonchev–Trinajstić information content (AvgIpc) is 2.18. The maximum atomic E-state index is 3.86. The number of hydrogen-bond donors (Lipinski definition) is 1. The molecule has 1 rings (SSSR count). The van der Waals surface area contributed by atoms with Gasteiger partial charge in [0.2, 0.25) is 0 Å². The van der Waals surface area contributed by atoms with Crippen molar-refractivity contribution in [1.29, 1.82) is 0 Å². The van der Waals surface area contributed by atoms with E-state index in [9.17, 15) is 0 Å². The summed E-state index contributed by atoms with van der Waals surface area (Å²) in [7, 11) is 4.06. The minimum atomic E-state index is 0. The average molecular weight is 387 g/mol. The molecule has 3 heteroatoms. The van der Waals surface area contributed by atoms with Crippen LogP contribution in [0.1, 0.15) is 12.0 Å². The summed E-state index contributed by atoms with van der Waals surface area (Å²) >= 11 is 0. The van der Waals surface area contributed by atoms with Crippen LogP contribution in [0.2, 0.25) is 0 Å². The van der Waals surface area contributed by atoms with Gasteiger partial charge in [-0.2, -0.15) is 6.42 Å². The van der Waals surface area contributed by atoms with Crippen LogP contribution in [0.4, 0.5) is 11.4 Å². The molecule has 0 heterocycles. The van der Waals surface area contributed by atoms with Gasteiger partial charge in [-0.05, 0) is 23.9 Å². The van der Waals surface area contributed by atoms with E-state index in [1.54, 1.807) is 6.20 Å². The molecule has 0 aliphatic heterocycles. The number of rotatable bonds is 5. The summed E-state index contributed by atoms with van der Waals surface area (Å²) in [6, 6.07) is 6.42. The first-order valence-electron chi connectivity index (χ1n) is 5.16. The fourth-order valence-corrected chi connectivity index (χ4v) is 1.56. The molecule has 2 nitrogen and oxygen atoms in total. The van der Waals surface area contributed by atoms with E-state index in [1.807, 2.05) is 14.1 Å². The molecule has 0 unspecified atom stereocenters. The summed E-state index contributed by atoms with van der Waals surface area (Å²) in [6.45, 7) is 7.55. The third-order valence-electron chi connectivity index (χ3n) is 2.27. The van der Waals surface area contributed by atoms with Crippen LogP contribution in [0.3, 0.4) is 0 Å². The molecule has 0 spiro atoms. The van der Waals surface area contributed by atoms with Crippen molar-refractivity contribution < 1.29 is 21.1 Å². The summed E-state index contributed by atoms with van der Waals surface area (Å²) in [6.07, 6.45) is 3.64. The number of anilines is 2. The predicted molar refractivity (Wildman–Crippen MR) is 68.3 cm³/mol. The van der Waals surface area contributed by atoms with E-state index in [0.717, 1.165) is 18.5 Å². The van der Waals surface area contributed by atoms with Gasteiger partial charge in [0.1, 0.15) is 0 Å². The summed E-state index contributed by atoms with van der Waals surface area (Å²) < 4.78 is 0. The van der Waals surface area contributed by atoms with Gasteiger partial charge in [-0.3, -0.25) is 0 Å². The number of benzene rings is 1. The maximum Gasteiger partial charge on any atom is 0.0619 e. The van der Waals surface area contributed by atoms with Crippen LogP contribution in [0.5, 0.6) is 0 Å². The van der Waals surface area contributed by atoms with Gasteiger partial charge < -0.3 is 17.1 Å². The topological polar surface area (TPSA) is 15.3 Å². The Kier molecular flexibility index (Phi) is 7.16. The second-order valence-electron chi connectivity index (χ2n) is 3.70. The molecule has 1 aromatic carbocycles. The molecular weight excluding hydrogens is 368 g/mol. The molecule has 16 heavy (non-hydrogen) atoms. The van der Waals surface area contributed by atoms with Crippen molar-refractivity contribution in [2.75, 3.05) is 24.3 Å². The summed E-state index contributed by atoms with van der Waals surface area (Å²) in [5.74, 6) is 0. The van der Waals surface area contributed by atoms with E-state index in [0.29, 0.717) is 0 Å². The summed E-state index contributed by atoms with van der Waals surface area (Å²) in [5.41, 5.74) is 3.57. The van der Waals surface area contributed by atoms with E-state index in [4.69, 9.17) is 0 Å². The van der Waals surface area contributed by atoms with Gasteiger partial charge in [-0.25, -0.2) is 0 Å². The molecule has 0 bridgehead atoms. The Morgan fingerprint density at radius 1 is 1.44 bits per heavy atom. The SMILES string of the molecule is C=CNc1cc(CC[CH2-])ccc1N(C)C.[W]. The Hall–Kier alpha value is -0.752. The van der Waals surface area contributed by atoms with Crippen LogP contribution < -0.4 is 10.2 Å². The third kappa shape index (κ3) is 4.02. The molecule has 0 saturated carbocycles. The second-order valence-corrected chi connectivity index (χ2v) is 3.70. The molecular formula is C13H19N2W-. The molecule has 0 atom stereocenters. The van der Waals surface area contributed by atoms with Crippen molar-refractivity contribution in [2.24, 2.45) is 0 Å². The van der Waals surface area contributed by atoms with Crippen molar-refractivity contribution in [1.82, 2.24) is 0 Å². The molecule has 1 N–H and O–H groups in total. The van der Waals surface area contributed by atoms with Gasteiger partial charge in [-0.15, -0.1) is 0 Å². The van der Waals surface area contributed by atoms with Crippen molar-refractivity contribution in [3.8, 4) is 0 Å². The molecule has 0 fully saturated rings. The summed E-state index contributed by atoms with van der Waals surface area (Å²) in [4.78, 5) is 2.08. The Morgan fingerprint density at radius 2 is 2.12 bits per heavy atom. The van der Waals surface area contributed by atoms with Gasteiger partial charge in [0, 0.05) is 35.2 Å². The van der Waals surface area contributed by atoms with Crippen molar-refractivity contribution in [3.63, 3.8) is 0 Å². The van der Waals surface area contributed by atoms with Crippen LogP contribution in [-0.2, 0) is 27.5 Å². The van der Waals surface area contributed by atoms with Gasteiger partial charge in [0.25, 0.3) is 0 Å². The first-order chi connectivity index (χ1) is 7.19. The Bertz CT molecular complexity index is 335. The first kappa shape index (κ1) is 15.2. The van der Waals surface area contributed by atoms with Gasteiger partial charge in [0.05, 0.1) is 11.4 Å². The van der Waals surface area contributed by atoms with Crippen LogP contribution in [0.25, 0.3) is 0 Å². The standard InChI is InChI=1S/C13H19N2.W/c1-5-7-11-8-9-13(15(3)4)12(10-11)14-6-2;/h6,8-10,14H,1-2,5,7H2,3-4H3;/q-1;. The number of hydrogen-bond acceptors (Lipinski definition) is 2. The number of aryl methyl sites for hydroxylation is 1. The Labute approximate surface area is 113 Å². The fourth-order valence-electron chi connectivity index (χ4n) is 1.56. The fraction of sp³-hybridized carbons (Fsp3) is 0.308. The first-order valence-corrected chi connectivity index (χ1v) is 5.16. The van der Waals surface area contributed by atoms with E-state index >= 15 is 0 Å². The van der Waals surface area contributed by atoms with Gasteiger partial charge in [0.15, 0.2) is 0 Å². The molecule has 88 valence electrons. The number of nitrogens with zero attached hydrogens (tertiary/aromatic N) is 1. The minimum Gasteiger partial charge on any atom is -0.376 e. The van der Waals surface area contributed by atoms with Crippen LogP contribution in [-0.4, -0.2) is 14.1 Å². The zero-order chi connectivity index (χ0) is 11.3. The molecule has 0 aromatic heterocycles. The largest absolute Gasteiger partial charge is 0.376 e. The van der Waals surface area contributed by atoms with Gasteiger partial charge in [-0.1, -0.05) is 19.1 Å². The predicted octanol–water partition coefficient (Wildman–Crippen LogP) is 3.07. The molecule has 0 saturated heterocycles. The van der Waals surface area contributed by atoms with Crippen molar-refractivity contribution in [3.05, 3.63) is 43.5 Å². The van der Waals surface area contributed by atoms with E-state index in [-0.39, 0.29) is 21.1 Å². The van der Waals surface area contributed by atoms with E-state index in [1.165, 1.54) is 11.3 Å². The second kappa shape index (κ2) is 7.51. The Balaban J connectivity index is 0.00000225. The molecule has 1 aromatic rings. The zero-order valence-electron chi connectivity index (χ0n) is 9.99. The van der Waals surface area contributed by atoms with E-state index < -0.39 is 0 Å². The summed E-state index contributed by atoms with van der Waals surface area (Å²) in [5, 5.41) is 3.16. The van der Waals surface area contributed by atoms with E-state index in [2.05, 4.69) is 41.9 Å². The molecule has 0 aliphatic carbocycles. The molecule has 0 amide bonds. The quantitative estimate of drug-likeness (QED) is 0.782. The van der Waals surface area contributed by atoms with Crippen LogP contribution in [0, 0.1) is 6.92 Å². The van der Waals surface area contributed by atoms with Crippen molar-refractivity contribution >= 4 is 11.4 Å². The maximum absolute atomic E-state index is 3.86. The third-order valence-corrected chi connectivity index (χ3v) is 2.27.